The summed E-state index contributed by atoms with van der Waals surface area (Å²) in [4.78, 5) is 14.7. The molecule has 1 saturated carbocycles. The first-order valence-electron chi connectivity index (χ1n) is 13.7. The number of anilines is 2. The summed E-state index contributed by atoms with van der Waals surface area (Å²) >= 11 is 6.27. The molecule has 9 heteroatoms. The summed E-state index contributed by atoms with van der Waals surface area (Å²) in [6, 6.07) is 21.9. The number of nitrogens with one attached hydrogen (secondary N) is 1. The Morgan fingerprint density at radius 3 is 2.44 bits per heavy atom. The van der Waals surface area contributed by atoms with E-state index in [2.05, 4.69) is 27.0 Å². The molecule has 2 heterocycles. The van der Waals surface area contributed by atoms with Crippen molar-refractivity contribution in [2.24, 2.45) is 4.99 Å². The molecule has 0 amide bonds. The second-order valence-electron chi connectivity index (χ2n) is 10.1. The third-order valence-corrected chi connectivity index (χ3v) is 7.87. The first-order chi connectivity index (χ1) is 20.1. The average molecular weight is 570 g/mol. The van der Waals surface area contributed by atoms with Crippen molar-refractivity contribution in [2.45, 2.75) is 37.8 Å². The molecule has 0 spiro atoms. The van der Waals surface area contributed by atoms with Gasteiger partial charge in [-0.05, 0) is 86.3 Å². The highest BCUT2D eigenvalue weighted by Gasteiger charge is 2.22. The molecule has 210 valence electrons. The molecule has 1 N–H and O–H groups in total. The van der Waals surface area contributed by atoms with E-state index in [1.165, 1.54) is 0 Å². The number of pyridine rings is 1. The number of methoxy groups -OCH3 is 3. The van der Waals surface area contributed by atoms with Crippen LogP contribution in [0.3, 0.4) is 0 Å². The molecule has 0 atom stereocenters. The minimum absolute atomic E-state index is 0.188. The summed E-state index contributed by atoms with van der Waals surface area (Å²) in [5.74, 6) is 1.26. The Morgan fingerprint density at radius 1 is 0.902 bits per heavy atom. The Morgan fingerprint density at radius 2 is 1.71 bits per heavy atom. The summed E-state index contributed by atoms with van der Waals surface area (Å²) in [7, 11) is 5.07. The van der Waals surface area contributed by atoms with Gasteiger partial charge >= 0.3 is 0 Å². The predicted molar refractivity (Wildman–Crippen MR) is 162 cm³/mol. The van der Waals surface area contributed by atoms with Crippen molar-refractivity contribution in [2.75, 3.05) is 26.6 Å². The molecule has 1 aromatic heterocycles. The molecule has 41 heavy (non-hydrogen) atoms. The van der Waals surface area contributed by atoms with E-state index in [0.29, 0.717) is 17.0 Å². The molecule has 0 saturated heterocycles. The van der Waals surface area contributed by atoms with Gasteiger partial charge < -0.3 is 24.1 Å². The summed E-state index contributed by atoms with van der Waals surface area (Å²) in [6.45, 7) is 0. The highest BCUT2D eigenvalue weighted by molar-refractivity contribution is 6.30. The van der Waals surface area contributed by atoms with Crippen molar-refractivity contribution in [3.8, 4) is 28.7 Å². The van der Waals surface area contributed by atoms with Gasteiger partial charge in [0.1, 0.15) is 11.4 Å². The lowest BCUT2D eigenvalue weighted by Crippen LogP contribution is -2.25. The van der Waals surface area contributed by atoms with E-state index in [1.54, 1.807) is 27.5 Å². The summed E-state index contributed by atoms with van der Waals surface area (Å²) in [5.41, 5.74) is 6.03. The van der Waals surface area contributed by atoms with Gasteiger partial charge in [0.25, 0.3) is 0 Å². The van der Waals surface area contributed by atoms with E-state index in [0.717, 1.165) is 76.3 Å². The normalized spacial score (nSPS) is 17.6. The van der Waals surface area contributed by atoms with E-state index < -0.39 is 0 Å². The molecule has 0 unspecified atom stereocenters. The summed E-state index contributed by atoms with van der Waals surface area (Å²) in [5, 5.41) is 5.05. The largest absolute Gasteiger partial charge is 0.497 e. The van der Waals surface area contributed by atoms with Crippen molar-refractivity contribution in [3.05, 3.63) is 83.3 Å². The second kappa shape index (κ2) is 11.8. The monoisotopic (exact) mass is 569 g/mol. The van der Waals surface area contributed by atoms with Crippen LogP contribution in [0.1, 0.15) is 25.7 Å². The van der Waals surface area contributed by atoms with Crippen LogP contribution < -0.4 is 20.1 Å². The highest BCUT2D eigenvalue weighted by atomic mass is 35.5. The summed E-state index contributed by atoms with van der Waals surface area (Å²) < 4.78 is 18.9. The van der Waals surface area contributed by atoms with E-state index in [1.807, 2.05) is 54.6 Å². The van der Waals surface area contributed by atoms with Crippen molar-refractivity contribution in [1.82, 2.24) is 14.5 Å². The van der Waals surface area contributed by atoms with Crippen molar-refractivity contribution >= 4 is 34.0 Å². The predicted octanol–water partition coefficient (Wildman–Crippen LogP) is 6.80. The third-order valence-electron chi connectivity index (χ3n) is 7.62. The molecule has 3 aromatic rings. The number of rotatable bonds is 7. The molecule has 3 aliphatic rings. The fourth-order valence-corrected chi connectivity index (χ4v) is 5.60. The zero-order valence-corrected chi connectivity index (χ0v) is 24.1. The van der Waals surface area contributed by atoms with Crippen LogP contribution in [0.15, 0.2) is 77.9 Å². The standard InChI is InChI=1S/C32H32ClN5O3/c1-39-23-12-8-21(9-13-23)35-28-19-31-29(18-27(28)37-26-5-4-16-34-32(26)41-3)36-25-15-14-24(40-2)17-30(25)38(31)22-10-6-20(33)7-11-22/h4-7,10-11,14-19,21,23,37H,8-9,12-13H2,1-3H3/b35-28+. The lowest BCUT2D eigenvalue weighted by atomic mass is 9.93. The van der Waals surface area contributed by atoms with Crippen LogP contribution in [0.5, 0.6) is 11.6 Å². The van der Waals surface area contributed by atoms with Crippen LogP contribution in [0, 0.1) is 0 Å². The molecule has 0 bridgehead atoms. The molecule has 6 rings (SSSR count). The number of fused-ring (bicyclic) bond motifs is 2. The molecule has 8 nitrogen and oxygen atoms in total. The first kappa shape index (κ1) is 27.1. The number of hydrogen-bond acceptors (Lipinski definition) is 7. The van der Waals surface area contributed by atoms with Crippen molar-refractivity contribution in [3.63, 3.8) is 0 Å². The number of aromatic nitrogens is 3. The maximum Gasteiger partial charge on any atom is 0.237 e. The third kappa shape index (κ3) is 5.58. The molecular weight excluding hydrogens is 538 g/mol. The first-order valence-corrected chi connectivity index (χ1v) is 14.1. The molecule has 0 radical (unpaired) electrons. The quantitative estimate of drug-likeness (QED) is 0.217. The van der Waals surface area contributed by atoms with Gasteiger partial charge in [-0.15, -0.1) is 0 Å². The van der Waals surface area contributed by atoms with Gasteiger partial charge in [-0.1, -0.05) is 11.6 Å². The average Bonchev–Trinajstić information content (AvgIpc) is 3.01. The van der Waals surface area contributed by atoms with Gasteiger partial charge in [0.15, 0.2) is 0 Å². The van der Waals surface area contributed by atoms with E-state index >= 15 is 0 Å². The van der Waals surface area contributed by atoms with Crippen molar-refractivity contribution < 1.29 is 14.2 Å². The Bertz CT molecular complexity index is 1710. The van der Waals surface area contributed by atoms with Gasteiger partial charge in [-0.3, -0.25) is 4.99 Å². The van der Waals surface area contributed by atoms with Crippen LogP contribution in [0.25, 0.3) is 28.1 Å². The zero-order chi connectivity index (χ0) is 28.3. The Hall–Kier alpha value is -4.14. The Labute approximate surface area is 244 Å². The lowest BCUT2D eigenvalue weighted by Gasteiger charge is -2.25. The number of ether oxygens (including phenoxy) is 3. The fraction of sp³-hybridized carbons (Fsp3) is 0.281. The fourth-order valence-electron chi connectivity index (χ4n) is 5.47. The lowest BCUT2D eigenvalue weighted by molar-refractivity contribution is 0.0663. The van der Waals surface area contributed by atoms with Gasteiger partial charge in [-0.2, -0.15) is 0 Å². The minimum atomic E-state index is 0.188. The van der Waals surface area contributed by atoms with Gasteiger partial charge in [0.2, 0.25) is 5.88 Å². The minimum Gasteiger partial charge on any atom is -0.497 e. The van der Waals surface area contributed by atoms with E-state index in [-0.39, 0.29) is 6.04 Å². The molecule has 1 aliphatic heterocycles. The SMILES string of the molecule is COc1ccc2nc3cc(Nc4cccnc4OC)/c(=N/C4CCC(OC)CC4)cc-3n(-c3ccc(Cl)cc3)c2c1. The molecule has 2 aromatic carbocycles. The molecular formula is C32H32ClN5O3. The van der Waals surface area contributed by atoms with Gasteiger partial charge in [0.05, 0.1) is 59.8 Å². The molecule has 2 aliphatic carbocycles. The topological polar surface area (TPSA) is 82.8 Å². The number of halogens is 1. The zero-order valence-electron chi connectivity index (χ0n) is 23.3. The maximum atomic E-state index is 6.27. The van der Waals surface area contributed by atoms with Crippen LogP contribution in [-0.4, -0.2) is 48.0 Å². The highest BCUT2D eigenvalue weighted by Crippen LogP contribution is 2.33. The Balaban J connectivity index is 1.60. The van der Waals surface area contributed by atoms with E-state index in [4.69, 9.17) is 35.8 Å². The van der Waals surface area contributed by atoms with Crippen LogP contribution in [-0.2, 0) is 4.74 Å². The Kier molecular flexibility index (Phi) is 7.76. The van der Waals surface area contributed by atoms with Gasteiger partial charge in [0, 0.05) is 30.1 Å². The van der Waals surface area contributed by atoms with E-state index in [9.17, 15) is 0 Å². The second-order valence-corrected chi connectivity index (χ2v) is 10.6. The number of benzene rings is 3. The van der Waals surface area contributed by atoms with Crippen LogP contribution in [0.2, 0.25) is 5.02 Å². The van der Waals surface area contributed by atoms with Crippen LogP contribution in [0.4, 0.5) is 11.4 Å². The number of hydrogen-bond donors (Lipinski definition) is 1. The van der Waals surface area contributed by atoms with Crippen LogP contribution >= 0.6 is 11.6 Å². The molecule has 1 fully saturated rings. The summed E-state index contributed by atoms with van der Waals surface area (Å²) in [6.07, 6.45) is 5.93. The van der Waals surface area contributed by atoms with Crippen molar-refractivity contribution in [1.29, 1.82) is 0 Å². The number of nitrogens with zero attached hydrogens (tertiary/aromatic N) is 4. The van der Waals surface area contributed by atoms with Gasteiger partial charge in [-0.25, -0.2) is 9.97 Å². The maximum absolute atomic E-state index is 6.27. The smallest absolute Gasteiger partial charge is 0.237 e.